The summed E-state index contributed by atoms with van der Waals surface area (Å²) in [6.07, 6.45) is -0.569. The van der Waals surface area contributed by atoms with Crippen LogP contribution in [0.5, 0.6) is 0 Å². The highest BCUT2D eigenvalue weighted by Gasteiger charge is 2.40. The molecular formula is C23H25NO5. The van der Waals surface area contributed by atoms with Gasteiger partial charge in [0.1, 0.15) is 6.61 Å². The number of hydrogen-bond donors (Lipinski definition) is 0. The Bertz CT molecular complexity index is 887. The van der Waals surface area contributed by atoms with Crippen LogP contribution in [0.1, 0.15) is 37.8 Å². The van der Waals surface area contributed by atoms with Crippen molar-refractivity contribution >= 4 is 12.1 Å². The first-order valence-corrected chi connectivity index (χ1v) is 9.77. The number of carbonyl (C=O) groups excluding carboxylic acids is 2. The standard InChI is InChI=1S/C23H25NO5/c1-23(2,3)29-13-20-21(25)28-14-24(20)22(26)27-12-19-17-10-6-4-8-15(17)16-9-5-7-11-18(16)19/h4-11,19-20H,12-14H2,1-3H3. The molecular weight excluding hydrogens is 370 g/mol. The number of cyclic esters (lactones) is 1. The molecule has 2 aromatic carbocycles. The van der Waals surface area contributed by atoms with Gasteiger partial charge >= 0.3 is 12.1 Å². The van der Waals surface area contributed by atoms with Gasteiger partial charge in [-0.3, -0.25) is 4.90 Å². The van der Waals surface area contributed by atoms with Crippen LogP contribution in [0.25, 0.3) is 11.1 Å². The number of rotatable bonds is 4. The zero-order chi connectivity index (χ0) is 20.6. The van der Waals surface area contributed by atoms with E-state index in [4.69, 9.17) is 14.2 Å². The summed E-state index contributed by atoms with van der Waals surface area (Å²) in [5.41, 5.74) is 4.20. The van der Waals surface area contributed by atoms with Gasteiger partial charge in [0.05, 0.1) is 12.2 Å². The van der Waals surface area contributed by atoms with Crippen LogP contribution in [-0.4, -0.2) is 48.5 Å². The largest absolute Gasteiger partial charge is 0.448 e. The number of fused-ring (bicyclic) bond motifs is 3. The van der Waals surface area contributed by atoms with Crippen molar-refractivity contribution in [2.45, 2.75) is 38.3 Å². The second-order valence-corrected chi connectivity index (χ2v) is 8.31. The molecule has 1 aliphatic carbocycles. The minimum Gasteiger partial charge on any atom is -0.448 e. The number of ether oxygens (including phenoxy) is 3. The molecule has 1 unspecified atom stereocenters. The molecule has 4 rings (SSSR count). The van der Waals surface area contributed by atoms with Crippen molar-refractivity contribution < 1.29 is 23.8 Å². The van der Waals surface area contributed by atoms with E-state index in [9.17, 15) is 9.59 Å². The quantitative estimate of drug-likeness (QED) is 0.734. The highest BCUT2D eigenvalue weighted by molar-refractivity contribution is 5.84. The van der Waals surface area contributed by atoms with Crippen LogP contribution in [-0.2, 0) is 19.0 Å². The third-order valence-corrected chi connectivity index (χ3v) is 5.24. The highest BCUT2D eigenvalue weighted by Crippen LogP contribution is 2.44. The molecule has 1 aliphatic heterocycles. The maximum absolute atomic E-state index is 12.7. The molecule has 0 saturated carbocycles. The van der Waals surface area contributed by atoms with Crippen molar-refractivity contribution in [2.24, 2.45) is 0 Å². The maximum Gasteiger partial charge on any atom is 0.413 e. The van der Waals surface area contributed by atoms with Gasteiger partial charge in [0.15, 0.2) is 12.8 Å². The molecule has 1 saturated heterocycles. The number of benzene rings is 2. The Balaban J connectivity index is 1.46. The molecule has 6 heteroatoms. The second kappa shape index (κ2) is 7.52. The molecule has 1 amide bonds. The van der Waals surface area contributed by atoms with E-state index < -0.39 is 23.7 Å². The predicted molar refractivity (Wildman–Crippen MR) is 107 cm³/mol. The lowest BCUT2D eigenvalue weighted by Gasteiger charge is -2.25. The summed E-state index contributed by atoms with van der Waals surface area (Å²) in [4.78, 5) is 26.1. The van der Waals surface area contributed by atoms with Gasteiger partial charge in [-0.2, -0.15) is 0 Å². The Morgan fingerprint density at radius 2 is 1.62 bits per heavy atom. The van der Waals surface area contributed by atoms with Crippen molar-refractivity contribution in [3.63, 3.8) is 0 Å². The van der Waals surface area contributed by atoms with E-state index in [0.29, 0.717) is 0 Å². The minimum atomic E-state index is -0.787. The summed E-state index contributed by atoms with van der Waals surface area (Å²) >= 11 is 0. The highest BCUT2D eigenvalue weighted by atomic mass is 16.6. The van der Waals surface area contributed by atoms with Crippen LogP contribution in [0.4, 0.5) is 4.79 Å². The molecule has 0 spiro atoms. The van der Waals surface area contributed by atoms with Crippen LogP contribution < -0.4 is 0 Å². The summed E-state index contributed by atoms with van der Waals surface area (Å²) in [5.74, 6) is -0.502. The molecule has 1 heterocycles. The lowest BCUT2D eigenvalue weighted by molar-refractivity contribution is -0.141. The van der Waals surface area contributed by atoms with Gasteiger partial charge < -0.3 is 14.2 Å². The number of hydrogen-bond acceptors (Lipinski definition) is 5. The SMILES string of the molecule is CC(C)(C)OCC1C(=O)OCN1C(=O)OCC1c2ccccc2-c2ccccc21. The van der Waals surface area contributed by atoms with E-state index in [1.165, 1.54) is 16.0 Å². The topological polar surface area (TPSA) is 65.1 Å². The van der Waals surface area contributed by atoms with Crippen LogP contribution in [0, 0.1) is 0 Å². The Labute approximate surface area is 170 Å². The van der Waals surface area contributed by atoms with Crippen molar-refractivity contribution in [1.29, 1.82) is 0 Å². The first kappa shape index (κ1) is 19.5. The van der Waals surface area contributed by atoms with Crippen molar-refractivity contribution in [1.82, 2.24) is 4.90 Å². The Morgan fingerprint density at radius 3 is 2.21 bits per heavy atom. The molecule has 152 valence electrons. The zero-order valence-corrected chi connectivity index (χ0v) is 16.9. The molecule has 2 aliphatic rings. The van der Waals surface area contributed by atoms with Crippen molar-refractivity contribution in [3.8, 4) is 11.1 Å². The Hall–Kier alpha value is -2.86. The fourth-order valence-corrected chi connectivity index (χ4v) is 3.79. The average molecular weight is 395 g/mol. The monoisotopic (exact) mass is 395 g/mol. The predicted octanol–water partition coefficient (Wildman–Crippen LogP) is 3.94. The summed E-state index contributed by atoms with van der Waals surface area (Å²) in [6.45, 7) is 5.84. The van der Waals surface area contributed by atoms with Gasteiger partial charge in [0.25, 0.3) is 0 Å². The fourth-order valence-electron chi connectivity index (χ4n) is 3.79. The van der Waals surface area contributed by atoms with Crippen molar-refractivity contribution in [2.75, 3.05) is 19.9 Å². The van der Waals surface area contributed by atoms with Crippen LogP contribution in [0.2, 0.25) is 0 Å². The Kier molecular flexibility index (Phi) is 5.04. The molecule has 0 bridgehead atoms. The molecule has 0 aromatic heterocycles. The number of carbonyl (C=O) groups is 2. The van der Waals surface area contributed by atoms with Gasteiger partial charge in [-0.05, 0) is 43.0 Å². The van der Waals surface area contributed by atoms with Crippen LogP contribution >= 0.6 is 0 Å². The van der Waals surface area contributed by atoms with E-state index in [1.54, 1.807) is 0 Å². The van der Waals surface area contributed by atoms with Gasteiger partial charge in [0.2, 0.25) is 0 Å². The third kappa shape index (κ3) is 3.85. The molecule has 1 fully saturated rings. The molecule has 29 heavy (non-hydrogen) atoms. The van der Waals surface area contributed by atoms with Crippen LogP contribution in [0.3, 0.4) is 0 Å². The summed E-state index contributed by atoms with van der Waals surface area (Å²) in [5, 5.41) is 0. The minimum absolute atomic E-state index is 0.0325. The smallest absolute Gasteiger partial charge is 0.413 e. The van der Waals surface area contributed by atoms with Crippen molar-refractivity contribution in [3.05, 3.63) is 59.7 Å². The van der Waals surface area contributed by atoms with Gasteiger partial charge in [-0.15, -0.1) is 0 Å². The molecule has 6 nitrogen and oxygen atoms in total. The molecule has 1 atom stereocenters. The van der Waals surface area contributed by atoms with E-state index in [0.717, 1.165) is 11.1 Å². The molecule has 2 aromatic rings. The second-order valence-electron chi connectivity index (χ2n) is 8.31. The van der Waals surface area contributed by atoms with Gasteiger partial charge in [-0.25, -0.2) is 9.59 Å². The Morgan fingerprint density at radius 1 is 1.03 bits per heavy atom. The number of amides is 1. The first-order chi connectivity index (χ1) is 13.8. The fraction of sp³-hybridized carbons (Fsp3) is 0.391. The van der Waals surface area contributed by atoms with E-state index >= 15 is 0 Å². The normalized spacial score (nSPS) is 18.4. The van der Waals surface area contributed by atoms with E-state index in [-0.39, 0.29) is 25.9 Å². The number of esters is 1. The summed E-state index contributed by atoms with van der Waals surface area (Å²) in [7, 11) is 0. The lowest BCUT2D eigenvalue weighted by Crippen LogP contribution is -2.43. The first-order valence-electron chi connectivity index (χ1n) is 9.77. The summed E-state index contributed by atoms with van der Waals surface area (Å²) in [6, 6.07) is 15.5. The maximum atomic E-state index is 12.7. The average Bonchev–Trinajstić information content (AvgIpc) is 3.22. The molecule has 0 N–H and O–H groups in total. The number of nitrogens with zero attached hydrogens (tertiary/aromatic N) is 1. The third-order valence-electron chi connectivity index (χ3n) is 5.24. The van der Waals surface area contributed by atoms with Gasteiger partial charge in [-0.1, -0.05) is 48.5 Å². The van der Waals surface area contributed by atoms with Crippen LogP contribution in [0.15, 0.2) is 48.5 Å². The van der Waals surface area contributed by atoms with Gasteiger partial charge in [0, 0.05) is 5.92 Å². The lowest BCUT2D eigenvalue weighted by atomic mass is 9.98. The zero-order valence-electron chi connectivity index (χ0n) is 16.9. The van der Waals surface area contributed by atoms with E-state index in [2.05, 4.69) is 24.3 Å². The van der Waals surface area contributed by atoms with E-state index in [1.807, 2.05) is 45.0 Å². The molecule has 0 radical (unpaired) electrons. The summed E-state index contributed by atoms with van der Waals surface area (Å²) < 4.78 is 16.4.